The van der Waals surface area contributed by atoms with Gasteiger partial charge in [-0.2, -0.15) is 0 Å². The van der Waals surface area contributed by atoms with Crippen molar-refractivity contribution in [2.45, 2.75) is 50.7 Å². The Morgan fingerprint density at radius 3 is 2.60 bits per heavy atom. The minimum absolute atomic E-state index is 0.0422. The molecule has 30 heavy (non-hydrogen) atoms. The van der Waals surface area contributed by atoms with Crippen LogP contribution in [-0.4, -0.2) is 61.9 Å². The number of esters is 1. The Morgan fingerprint density at radius 2 is 1.87 bits per heavy atom. The number of nitrogens with zero attached hydrogens (tertiary/aromatic N) is 2. The summed E-state index contributed by atoms with van der Waals surface area (Å²) >= 11 is 0. The van der Waals surface area contributed by atoms with Gasteiger partial charge in [-0.1, -0.05) is 25.1 Å². The Balaban J connectivity index is 1.12. The van der Waals surface area contributed by atoms with Gasteiger partial charge in [-0.15, -0.1) is 0 Å². The fourth-order valence-electron chi connectivity index (χ4n) is 7.27. The van der Waals surface area contributed by atoms with Crippen molar-refractivity contribution >= 4 is 11.7 Å². The van der Waals surface area contributed by atoms with E-state index in [4.69, 9.17) is 9.47 Å². The molecule has 5 aliphatic rings. The van der Waals surface area contributed by atoms with E-state index in [9.17, 15) is 4.79 Å². The zero-order valence-corrected chi connectivity index (χ0v) is 18.1. The minimum Gasteiger partial charge on any atom is -0.462 e. The second kappa shape index (κ2) is 6.96. The number of hydrogen-bond acceptors (Lipinski definition) is 5. The Bertz CT molecular complexity index is 802. The Labute approximate surface area is 179 Å². The third-order valence-corrected chi connectivity index (χ3v) is 9.03. The minimum atomic E-state index is 0.0422. The SMILES string of the molecule is C[C@]12CCC[C@@]3(CO3)[C@H]1C[C@@H]1[C@@H](C2)OC(=O)[C@@H]1CN1CCN(c2ccccc2)CC1. The summed E-state index contributed by atoms with van der Waals surface area (Å²) < 4.78 is 12.0. The molecule has 3 heterocycles. The summed E-state index contributed by atoms with van der Waals surface area (Å²) in [6.45, 7) is 8.31. The second-order valence-corrected chi connectivity index (χ2v) is 10.7. The number of fused-ring (bicyclic) bond motifs is 3. The number of carbonyl (C=O) groups excluding carboxylic acids is 1. The lowest BCUT2D eigenvalue weighted by molar-refractivity contribution is -0.147. The van der Waals surface area contributed by atoms with Crippen molar-refractivity contribution in [1.82, 2.24) is 4.90 Å². The molecule has 0 amide bonds. The number of epoxide rings is 1. The topological polar surface area (TPSA) is 45.3 Å². The van der Waals surface area contributed by atoms with Crippen LogP contribution in [0.5, 0.6) is 0 Å². The number of anilines is 1. The van der Waals surface area contributed by atoms with Crippen molar-refractivity contribution in [3.8, 4) is 0 Å². The van der Waals surface area contributed by atoms with E-state index >= 15 is 0 Å². The maximum atomic E-state index is 12.9. The summed E-state index contributed by atoms with van der Waals surface area (Å²) in [5.74, 6) is 1.08. The Kier molecular flexibility index (Phi) is 4.44. The molecule has 0 unspecified atom stereocenters. The number of rotatable bonds is 3. The van der Waals surface area contributed by atoms with Crippen molar-refractivity contribution in [1.29, 1.82) is 0 Å². The average Bonchev–Trinajstić information content (AvgIpc) is 3.46. The highest BCUT2D eigenvalue weighted by atomic mass is 16.6. The van der Waals surface area contributed by atoms with E-state index in [1.807, 2.05) is 0 Å². The number of carbonyl (C=O) groups is 1. The number of benzene rings is 1. The molecule has 6 rings (SSSR count). The molecule has 3 saturated heterocycles. The van der Waals surface area contributed by atoms with Crippen molar-refractivity contribution in [3.05, 3.63) is 30.3 Å². The van der Waals surface area contributed by atoms with Crippen LogP contribution in [0.25, 0.3) is 0 Å². The van der Waals surface area contributed by atoms with Crippen LogP contribution in [0.3, 0.4) is 0 Å². The first kappa shape index (κ1) is 19.1. The van der Waals surface area contributed by atoms with Gasteiger partial charge in [0.05, 0.1) is 18.1 Å². The van der Waals surface area contributed by atoms with Gasteiger partial charge in [0.1, 0.15) is 6.10 Å². The van der Waals surface area contributed by atoms with E-state index in [1.165, 1.54) is 24.9 Å². The highest BCUT2D eigenvalue weighted by Crippen LogP contribution is 2.62. The van der Waals surface area contributed by atoms with Crippen LogP contribution in [-0.2, 0) is 14.3 Å². The zero-order valence-electron chi connectivity index (χ0n) is 18.1. The number of ether oxygens (including phenoxy) is 2. The van der Waals surface area contributed by atoms with E-state index in [0.717, 1.165) is 52.2 Å². The van der Waals surface area contributed by atoms with E-state index < -0.39 is 0 Å². The predicted molar refractivity (Wildman–Crippen MR) is 115 cm³/mol. The monoisotopic (exact) mass is 410 g/mol. The average molecular weight is 411 g/mol. The van der Waals surface area contributed by atoms with Gasteiger partial charge in [0, 0.05) is 44.3 Å². The van der Waals surface area contributed by atoms with Gasteiger partial charge >= 0.3 is 5.97 Å². The lowest BCUT2D eigenvalue weighted by atomic mass is 9.53. The summed E-state index contributed by atoms with van der Waals surface area (Å²) in [6, 6.07) is 10.7. The molecule has 1 aromatic carbocycles. The van der Waals surface area contributed by atoms with Crippen LogP contribution in [0.1, 0.15) is 39.0 Å². The quantitative estimate of drug-likeness (QED) is 0.565. The molecule has 5 nitrogen and oxygen atoms in total. The van der Waals surface area contributed by atoms with Crippen molar-refractivity contribution in [2.24, 2.45) is 23.2 Å². The fourth-order valence-corrected chi connectivity index (χ4v) is 7.27. The lowest BCUT2D eigenvalue weighted by Gasteiger charge is -2.51. The molecule has 0 radical (unpaired) electrons. The summed E-state index contributed by atoms with van der Waals surface area (Å²) in [5.41, 5.74) is 1.72. The molecule has 5 fully saturated rings. The number of hydrogen-bond donors (Lipinski definition) is 0. The molecule has 1 aromatic rings. The van der Waals surface area contributed by atoms with Gasteiger partial charge in [-0.3, -0.25) is 9.69 Å². The van der Waals surface area contributed by atoms with Crippen LogP contribution in [0.2, 0.25) is 0 Å². The smallest absolute Gasteiger partial charge is 0.310 e. The molecular formula is C25H34N2O3. The predicted octanol–water partition coefficient (Wildman–Crippen LogP) is 3.34. The van der Waals surface area contributed by atoms with Crippen LogP contribution in [0, 0.1) is 23.2 Å². The lowest BCUT2D eigenvalue weighted by Crippen LogP contribution is -2.52. The molecule has 0 N–H and O–H groups in total. The molecule has 3 aliphatic heterocycles. The zero-order chi connectivity index (χ0) is 20.3. The highest BCUT2D eigenvalue weighted by Gasteiger charge is 2.65. The first-order valence-electron chi connectivity index (χ1n) is 11.9. The molecular weight excluding hydrogens is 376 g/mol. The van der Waals surface area contributed by atoms with Gasteiger partial charge < -0.3 is 14.4 Å². The van der Waals surface area contributed by atoms with E-state index in [-0.39, 0.29) is 29.0 Å². The summed E-state index contributed by atoms with van der Waals surface area (Å²) in [4.78, 5) is 17.8. The standard InChI is InChI=1S/C25H34N2O3/c1-24-8-5-9-25(17-29-25)22(24)14-19-20(23(28)30-21(19)15-24)16-26-10-12-27(13-11-26)18-6-3-2-4-7-18/h2-4,6-7,19-22H,5,8-17H2,1H3/t19-,20+,21+,22-,24+,25+/m0/s1. The van der Waals surface area contributed by atoms with E-state index in [2.05, 4.69) is 47.1 Å². The summed E-state index contributed by atoms with van der Waals surface area (Å²) in [7, 11) is 0. The Hall–Kier alpha value is -1.59. The van der Waals surface area contributed by atoms with Gasteiger partial charge in [-0.05, 0) is 55.6 Å². The second-order valence-electron chi connectivity index (χ2n) is 10.7. The first-order valence-corrected chi connectivity index (χ1v) is 11.9. The normalized spacial score (nSPS) is 43.2. The first-order chi connectivity index (χ1) is 14.6. The molecule has 1 spiro atoms. The van der Waals surface area contributed by atoms with E-state index in [1.54, 1.807) is 0 Å². The molecule has 5 heteroatoms. The van der Waals surface area contributed by atoms with E-state index in [0.29, 0.717) is 11.8 Å². The fraction of sp³-hybridized carbons (Fsp3) is 0.720. The summed E-state index contributed by atoms with van der Waals surface area (Å²) in [6.07, 6.45) is 6.01. The Morgan fingerprint density at radius 1 is 1.10 bits per heavy atom. The summed E-state index contributed by atoms with van der Waals surface area (Å²) in [5, 5.41) is 0. The molecule has 2 aliphatic carbocycles. The van der Waals surface area contributed by atoms with Crippen LogP contribution in [0.4, 0.5) is 5.69 Å². The molecule has 162 valence electrons. The number of piperazine rings is 1. The van der Waals surface area contributed by atoms with Gasteiger partial charge in [0.25, 0.3) is 0 Å². The third-order valence-electron chi connectivity index (χ3n) is 9.03. The largest absolute Gasteiger partial charge is 0.462 e. The van der Waals surface area contributed by atoms with Crippen molar-refractivity contribution in [2.75, 3.05) is 44.2 Å². The van der Waals surface area contributed by atoms with Gasteiger partial charge in [0.2, 0.25) is 0 Å². The van der Waals surface area contributed by atoms with Gasteiger partial charge in [-0.25, -0.2) is 0 Å². The van der Waals surface area contributed by atoms with Crippen molar-refractivity contribution < 1.29 is 14.3 Å². The maximum Gasteiger partial charge on any atom is 0.310 e. The molecule has 6 atom stereocenters. The van der Waals surface area contributed by atoms with Crippen LogP contribution in [0.15, 0.2) is 30.3 Å². The molecule has 0 aromatic heterocycles. The molecule has 2 saturated carbocycles. The molecule has 0 bridgehead atoms. The highest BCUT2D eigenvalue weighted by molar-refractivity contribution is 5.75. The third kappa shape index (κ3) is 3.08. The maximum absolute atomic E-state index is 12.9. The van der Waals surface area contributed by atoms with Crippen molar-refractivity contribution in [3.63, 3.8) is 0 Å². The van der Waals surface area contributed by atoms with Gasteiger partial charge in [0.15, 0.2) is 0 Å². The van der Waals surface area contributed by atoms with Crippen LogP contribution < -0.4 is 4.90 Å². The number of para-hydroxylation sites is 1. The van der Waals surface area contributed by atoms with Crippen LogP contribution >= 0.6 is 0 Å².